The molecule has 2 atom stereocenters. The second kappa shape index (κ2) is 6.74. The first-order valence-corrected chi connectivity index (χ1v) is 8.21. The number of piperazine rings is 1. The molecule has 0 radical (unpaired) electrons. The second-order valence-electron chi connectivity index (χ2n) is 6.40. The van der Waals surface area contributed by atoms with Gasteiger partial charge in [0.2, 0.25) is 5.91 Å². The van der Waals surface area contributed by atoms with Crippen molar-refractivity contribution in [3.05, 3.63) is 24.0 Å². The number of carbonyl (C=O) groups excluding carboxylic acids is 1. The van der Waals surface area contributed by atoms with Gasteiger partial charge in [-0.25, -0.2) is 4.39 Å². The predicted molar refractivity (Wildman–Crippen MR) is 87.1 cm³/mol. The maximum absolute atomic E-state index is 13.3. The molecule has 3 rings (SSSR count). The Kier molecular flexibility index (Phi) is 4.71. The van der Waals surface area contributed by atoms with Crippen molar-refractivity contribution >= 4 is 11.6 Å². The molecule has 6 heteroatoms. The Balaban J connectivity index is 1.61. The Hall–Kier alpha value is -1.82. The minimum atomic E-state index is -0.308. The van der Waals surface area contributed by atoms with Crippen LogP contribution in [-0.4, -0.2) is 50.1 Å². The summed E-state index contributed by atoms with van der Waals surface area (Å²) in [5, 5.41) is 0. The third-order valence-corrected chi connectivity index (χ3v) is 4.90. The molecule has 1 aliphatic carbocycles. The lowest BCUT2D eigenvalue weighted by molar-refractivity contribution is -0.135. The van der Waals surface area contributed by atoms with Crippen molar-refractivity contribution in [3.63, 3.8) is 0 Å². The van der Waals surface area contributed by atoms with E-state index in [0.717, 1.165) is 38.0 Å². The lowest BCUT2D eigenvalue weighted by Crippen LogP contribution is -2.50. The molecule has 126 valence electrons. The van der Waals surface area contributed by atoms with Gasteiger partial charge in [0.15, 0.2) is 0 Å². The van der Waals surface area contributed by atoms with Crippen molar-refractivity contribution in [1.82, 2.24) is 4.90 Å². The SMILES string of the molecule is COc1cc(F)ccc1N1CCN(C(=O)[C@H]2CC[C@@H](N)C2)CC1. The molecule has 2 aliphatic rings. The number of rotatable bonds is 3. The van der Waals surface area contributed by atoms with Crippen molar-refractivity contribution in [3.8, 4) is 5.75 Å². The first-order chi connectivity index (χ1) is 11.1. The van der Waals surface area contributed by atoms with E-state index in [1.54, 1.807) is 13.2 Å². The standard InChI is InChI=1S/C17H24FN3O2/c1-23-16-11-13(18)3-5-15(16)20-6-8-21(9-7-20)17(22)12-2-4-14(19)10-12/h3,5,11-12,14H,2,4,6-10,19H2,1H3/t12-,14+/m0/s1. The zero-order chi connectivity index (χ0) is 16.4. The minimum Gasteiger partial charge on any atom is -0.494 e. The van der Waals surface area contributed by atoms with Crippen LogP contribution in [0.25, 0.3) is 0 Å². The number of methoxy groups -OCH3 is 1. The maximum Gasteiger partial charge on any atom is 0.225 e. The number of anilines is 1. The van der Waals surface area contributed by atoms with E-state index in [2.05, 4.69) is 4.90 Å². The van der Waals surface area contributed by atoms with Crippen LogP contribution in [0.3, 0.4) is 0 Å². The lowest BCUT2D eigenvalue weighted by atomic mass is 10.1. The normalized spacial score (nSPS) is 24.8. The zero-order valence-corrected chi connectivity index (χ0v) is 13.5. The predicted octanol–water partition coefficient (Wildman–Crippen LogP) is 1.61. The minimum absolute atomic E-state index is 0.0944. The Morgan fingerprint density at radius 3 is 2.61 bits per heavy atom. The molecule has 0 aromatic heterocycles. The van der Waals surface area contributed by atoms with Gasteiger partial charge in [0.1, 0.15) is 11.6 Å². The highest BCUT2D eigenvalue weighted by molar-refractivity contribution is 5.79. The van der Waals surface area contributed by atoms with Gasteiger partial charge >= 0.3 is 0 Å². The summed E-state index contributed by atoms with van der Waals surface area (Å²) in [6.45, 7) is 2.83. The Bertz CT molecular complexity index is 573. The van der Waals surface area contributed by atoms with E-state index in [4.69, 9.17) is 10.5 Å². The molecule has 2 N–H and O–H groups in total. The number of amides is 1. The first-order valence-electron chi connectivity index (χ1n) is 8.21. The fourth-order valence-corrected chi connectivity index (χ4v) is 3.58. The molecule has 0 spiro atoms. The number of hydrogen-bond acceptors (Lipinski definition) is 4. The second-order valence-corrected chi connectivity index (χ2v) is 6.40. The number of benzene rings is 1. The quantitative estimate of drug-likeness (QED) is 0.919. The third-order valence-electron chi connectivity index (χ3n) is 4.90. The van der Waals surface area contributed by atoms with Gasteiger partial charge in [-0.15, -0.1) is 0 Å². The van der Waals surface area contributed by atoms with Crippen molar-refractivity contribution in [2.45, 2.75) is 25.3 Å². The average molecular weight is 321 g/mol. The third kappa shape index (κ3) is 3.42. The maximum atomic E-state index is 13.3. The van der Waals surface area contributed by atoms with Crippen LogP contribution in [0.15, 0.2) is 18.2 Å². The Labute approximate surface area is 136 Å². The molecule has 1 amide bonds. The van der Waals surface area contributed by atoms with Crippen LogP contribution >= 0.6 is 0 Å². The van der Waals surface area contributed by atoms with Gasteiger partial charge in [-0.1, -0.05) is 0 Å². The fraction of sp³-hybridized carbons (Fsp3) is 0.588. The summed E-state index contributed by atoms with van der Waals surface area (Å²) in [5.41, 5.74) is 6.79. The molecule has 2 fully saturated rings. The molecule has 1 aliphatic heterocycles. The summed E-state index contributed by atoms with van der Waals surface area (Å²) in [6, 6.07) is 4.75. The molecule has 0 unspecified atom stereocenters. The lowest BCUT2D eigenvalue weighted by Gasteiger charge is -2.37. The number of hydrogen-bond donors (Lipinski definition) is 1. The fourth-order valence-electron chi connectivity index (χ4n) is 3.58. The van der Waals surface area contributed by atoms with Crippen LogP contribution in [-0.2, 0) is 4.79 Å². The number of carbonyl (C=O) groups is 1. The van der Waals surface area contributed by atoms with Gasteiger partial charge in [-0.05, 0) is 31.4 Å². The topological polar surface area (TPSA) is 58.8 Å². The van der Waals surface area contributed by atoms with Gasteiger partial charge in [-0.3, -0.25) is 4.79 Å². The summed E-state index contributed by atoms with van der Waals surface area (Å²) >= 11 is 0. The first kappa shape index (κ1) is 16.1. The number of halogens is 1. The van der Waals surface area contributed by atoms with Gasteiger partial charge in [-0.2, -0.15) is 0 Å². The van der Waals surface area contributed by atoms with Crippen molar-refractivity contribution in [2.75, 3.05) is 38.2 Å². The van der Waals surface area contributed by atoms with E-state index >= 15 is 0 Å². The number of nitrogens with zero attached hydrogens (tertiary/aromatic N) is 2. The highest BCUT2D eigenvalue weighted by Crippen LogP contribution is 2.31. The molecule has 0 bridgehead atoms. The smallest absolute Gasteiger partial charge is 0.225 e. The molecule has 1 heterocycles. The van der Waals surface area contributed by atoms with Crippen LogP contribution in [0.1, 0.15) is 19.3 Å². The van der Waals surface area contributed by atoms with Gasteiger partial charge < -0.3 is 20.3 Å². The van der Waals surface area contributed by atoms with Crippen LogP contribution in [0, 0.1) is 11.7 Å². The molecular formula is C17H24FN3O2. The molecule has 1 saturated carbocycles. The largest absolute Gasteiger partial charge is 0.494 e. The summed E-state index contributed by atoms with van der Waals surface area (Å²) in [6.07, 6.45) is 2.67. The zero-order valence-electron chi connectivity index (χ0n) is 13.5. The molecular weight excluding hydrogens is 297 g/mol. The summed E-state index contributed by atoms with van der Waals surface area (Å²) in [4.78, 5) is 16.6. The van der Waals surface area contributed by atoms with Crippen LogP contribution in [0.4, 0.5) is 10.1 Å². The van der Waals surface area contributed by atoms with E-state index in [0.29, 0.717) is 18.8 Å². The summed E-state index contributed by atoms with van der Waals surface area (Å²) in [7, 11) is 1.54. The van der Waals surface area contributed by atoms with E-state index < -0.39 is 0 Å². The van der Waals surface area contributed by atoms with Crippen molar-refractivity contribution in [2.24, 2.45) is 11.7 Å². The molecule has 5 nitrogen and oxygen atoms in total. The Morgan fingerprint density at radius 1 is 1.26 bits per heavy atom. The highest BCUT2D eigenvalue weighted by atomic mass is 19.1. The number of nitrogens with two attached hydrogens (primary N) is 1. The van der Waals surface area contributed by atoms with Crippen molar-refractivity contribution in [1.29, 1.82) is 0 Å². The van der Waals surface area contributed by atoms with Gasteiger partial charge in [0, 0.05) is 44.2 Å². The summed E-state index contributed by atoms with van der Waals surface area (Å²) in [5.74, 6) is 0.559. The van der Waals surface area contributed by atoms with E-state index in [-0.39, 0.29) is 23.7 Å². The highest BCUT2D eigenvalue weighted by Gasteiger charge is 2.32. The van der Waals surface area contributed by atoms with E-state index in [1.807, 2.05) is 4.90 Å². The van der Waals surface area contributed by atoms with Crippen molar-refractivity contribution < 1.29 is 13.9 Å². The molecule has 1 aromatic carbocycles. The molecule has 1 saturated heterocycles. The Morgan fingerprint density at radius 2 is 2.00 bits per heavy atom. The van der Waals surface area contributed by atoms with Crippen LogP contribution in [0.5, 0.6) is 5.75 Å². The van der Waals surface area contributed by atoms with Crippen LogP contribution in [0.2, 0.25) is 0 Å². The molecule has 23 heavy (non-hydrogen) atoms. The monoisotopic (exact) mass is 321 g/mol. The van der Waals surface area contributed by atoms with Gasteiger partial charge in [0.25, 0.3) is 0 Å². The van der Waals surface area contributed by atoms with Gasteiger partial charge in [0.05, 0.1) is 12.8 Å². The van der Waals surface area contributed by atoms with E-state index in [1.165, 1.54) is 12.1 Å². The van der Waals surface area contributed by atoms with E-state index in [9.17, 15) is 9.18 Å². The van der Waals surface area contributed by atoms with Crippen LogP contribution < -0.4 is 15.4 Å². The summed E-state index contributed by atoms with van der Waals surface area (Å²) < 4.78 is 18.6. The number of ether oxygens (including phenoxy) is 1. The average Bonchev–Trinajstić information content (AvgIpc) is 3.00. The molecule has 1 aromatic rings.